The number of methoxy groups -OCH3 is 1. The smallest absolute Gasteiger partial charge is 0.261 e. The lowest BCUT2D eigenvalue weighted by molar-refractivity contribution is -0.116. The number of aromatic amines is 1. The van der Waals surface area contributed by atoms with Crippen LogP contribution >= 0.6 is 0 Å². The average molecular weight is 409 g/mol. The second-order valence-corrected chi connectivity index (χ2v) is 6.78. The first-order valence-electron chi connectivity index (χ1n) is 9.55. The molecule has 0 fully saturated rings. The molecule has 152 valence electrons. The molecule has 7 heteroatoms. The minimum atomic E-state index is -0.416. The molecule has 0 radical (unpaired) electrons. The fourth-order valence-electron chi connectivity index (χ4n) is 3.35. The number of ether oxygens (including phenoxy) is 1. The average Bonchev–Trinajstić information content (AvgIpc) is 3.25. The van der Waals surface area contributed by atoms with E-state index in [1.165, 1.54) is 7.05 Å². The number of benzene rings is 1. The lowest BCUT2D eigenvalue weighted by atomic mass is 10.0. The molecule has 0 atom stereocenters. The molecular weight excluding hydrogens is 390 g/mol. The molecule has 4 rings (SSSR count). The molecule has 4 aromatic rings. The summed E-state index contributed by atoms with van der Waals surface area (Å²) in [6.45, 7) is 0. The normalized spacial score (nSPS) is 11.2. The Kier molecular flexibility index (Phi) is 5.45. The fraction of sp³-hybridized carbons (Fsp3) is 0.0833. The van der Waals surface area contributed by atoms with Gasteiger partial charge in [0.25, 0.3) is 5.91 Å². The summed E-state index contributed by atoms with van der Waals surface area (Å²) in [4.78, 5) is 23.7. The van der Waals surface area contributed by atoms with E-state index in [0.29, 0.717) is 5.88 Å². The molecule has 3 aromatic heterocycles. The minimum Gasteiger partial charge on any atom is -0.481 e. The summed E-state index contributed by atoms with van der Waals surface area (Å²) < 4.78 is 5.24. The van der Waals surface area contributed by atoms with Crippen LogP contribution < -0.4 is 10.1 Å². The van der Waals surface area contributed by atoms with E-state index in [2.05, 4.69) is 26.3 Å². The van der Waals surface area contributed by atoms with Gasteiger partial charge in [-0.2, -0.15) is 5.26 Å². The van der Waals surface area contributed by atoms with Gasteiger partial charge in [-0.25, -0.2) is 9.97 Å². The van der Waals surface area contributed by atoms with Gasteiger partial charge in [0.1, 0.15) is 17.3 Å². The molecule has 0 aliphatic carbocycles. The molecule has 0 saturated carbocycles. The van der Waals surface area contributed by atoms with E-state index in [-0.39, 0.29) is 5.57 Å². The Balaban J connectivity index is 1.77. The van der Waals surface area contributed by atoms with Gasteiger partial charge < -0.3 is 15.0 Å². The summed E-state index contributed by atoms with van der Waals surface area (Å²) in [6, 6.07) is 15.4. The highest BCUT2D eigenvalue weighted by molar-refractivity contribution is 6.01. The molecular formula is C24H19N5O2. The summed E-state index contributed by atoms with van der Waals surface area (Å²) in [5.74, 6) is 0.126. The molecule has 1 amide bonds. The van der Waals surface area contributed by atoms with Crippen LogP contribution in [0.4, 0.5) is 0 Å². The zero-order valence-electron chi connectivity index (χ0n) is 17.0. The third-order valence-electron chi connectivity index (χ3n) is 4.91. The van der Waals surface area contributed by atoms with Crippen molar-refractivity contribution in [3.05, 3.63) is 72.2 Å². The Hall–Kier alpha value is -4.44. The zero-order valence-corrected chi connectivity index (χ0v) is 17.0. The number of pyridine rings is 2. The van der Waals surface area contributed by atoms with Crippen molar-refractivity contribution in [2.24, 2.45) is 0 Å². The van der Waals surface area contributed by atoms with Crippen molar-refractivity contribution < 1.29 is 9.53 Å². The summed E-state index contributed by atoms with van der Waals surface area (Å²) >= 11 is 0. The van der Waals surface area contributed by atoms with Crippen LogP contribution in [-0.4, -0.2) is 35.0 Å². The van der Waals surface area contributed by atoms with Gasteiger partial charge in [-0.3, -0.25) is 4.79 Å². The van der Waals surface area contributed by atoms with Crippen molar-refractivity contribution in [3.8, 4) is 34.2 Å². The van der Waals surface area contributed by atoms with Crippen molar-refractivity contribution in [1.29, 1.82) is 5.26 Å². The second kappa shape index (κ2) is 8.51. The Morgan fingerprint density at radius 1 is 1.16 bits per heavy atom. The van der Waals surface area contributed by atoms with Crippen molar-refractivity contribution in [3.63, 3.8) is 0 Å². The van der Waals surface area contributed by atoms with E-state index in [4.69, 9.17) is 4.74 Å². The Morgan fingerprint density at radius 3 is 2.81 bits per heavy atom. The van der Waals surface area contributed by atoms with Crippen molar-refractivity contribution in [1.82, 2.24) is 20.3 Å². The van der Waals surface area contributed by atoms with E-state index in [1.807, 2.05) is 48.7 Å². The number of carbonyl (C=O) groups excluding carboxylic acids is 1. The standard InChI is InChI=1S/C24H19N5O2/c1-26-24(30)18(12-25)9-15-4-3-5-16(8-15)19-10-20-21(14-29-23(20)28-13-19)17-6-7-27-22(11-17)31-2/h3-11,13-14H,1-2H3,(H,26,30)(H,28,29). The number of nitriles is 1. The highest BCUT2D eigenvalue weighted by Gasteiger charge is 2.11. The number of hydrogen-bond donors (Lipinski definition) is 2. The lowest BCUT2D eigenvalue weighted by Crippen LogP contribution is -2.19. The van der Waals surface area contributed by atoms with Gasteiger partial charge in [0.05, 0.1) is 7.11 Å². The zero-order chi connectivity index (χ0) is 21.8. The molecule has 0 saturated heterocycles. The first kappa shape index (κ1) is 19.9. The van der Waals surface area contributed by atoms with Crippen LogP contribution in [-0.2, 0) is 4.79 Å². The summed E-state index contributed by atoms with van der Waals surface area (Å²) in [5.41, 5.74) is 5.39. The molecule has 3 heterocycles. The van der Waals surface area contributed by atoms with Crippen molar-refractivity contribution >= 4 is 23.0 Å². The van der Waals surface area contributed by atoms with E-state index in [1.54, 1.807) is 25.6 Å². The van der Waals surface area contributed by atoms with Gasteiger partial charge in [-0.15, -0.1) is 0 Å². The summed E-state index contributed by atoms with van der Waals surface area (Å²) in [5, 5.41) is 12.7. The maximum Gasteiger partial charge on any atom is 0.261 e. The van der Waals surface area contributed by atoms with Crippen LogP contribution in [0.1, 0.15) is 5.56 Å². The van der Waals surface area contributed by atoms with Crippen molar-refractivity contribution in [2.75, 3.05) is 14.2 Å². The monoisotopic (exact) mass is 409 g/mol. The predicted octanol–water partition coefficient (Wildman–Crippen LogP) is 3.95. The van der Waals surface area contributed by atoms with Crippen LogP contribution in [0.15, 0.2) is 66.6 Å². The minimum absolute atomic E-state index is 0.0489. The van der Waals surface area contributed by atoms with Gasteiger partial charge in [0.2, 0.25) is 5.88 Å². The summed E-state index contributed by atoms with van der Waals surface area (Å²) in [6.07, 6.45) is 6.99. The third-order valence-corrected chi connectivity index (χ3v) is 4.91. The molecule has 7 nitrogen and oxygen atoms in total. The lowest BCUT2D eigenvalue weighted by Gasteiger charge is -2.06. The van der Waals surface area contributed by atoms with E-state index < -0.39 is 5.91 Å². The third kappa shape index (κ3) is 4.00. The number of H-pyrrole nitrogens is 1. The highest BCUT2D eigenvalue weighted by atomic mass is 16.5. The SMILES string of the molecule is CNC(=O)C(C#N)=Cc1cccc(-c2cnc3[nH]cc(-c4ccnc(OC)c4)c3c2)c1. The molecule has 31 heavy (non-hydrogen) atoms. The van der Waals surface area contributed by atoms with Gasteiger partial charge >= 0.3 is 0 Å². The molecule has 0 aliphatic heterocycles. The van der Waals surface area contributed by atoms with Crippen LogP contribution in [0, 0.1) is 11.3 Å². The number of fused-ring (bicyclic) bond motifs is 1. The van der Waals surface area contributed by atoms with Crippen LogP contribution in [0.2, 0.25) is 0 Å². The number of rotatable bonds is 5. The topological polar surface area (TPSA) is 104 Å². The van der Waals surface area contributed by atoms with Crippen molar-refractivity contribution in [2.45, 2.75) is 0 Å². The van der Waals surface area contributed by atoms with E-state index in [9.17, 15) is 10.1 Å². The number of amides is 1. The van der Waals surface area contributed by atoms with E-state index >= 15 is 0 Å². The Morgan fingerprint density at radius 2 is 2.03 bits per heavy atom. The van der Waals surface area contributed by atoms with Gasteiger partial charge in [-0.1, -0.05) is 18.2 Å². The Labute approximate surface area is 179 Å². The van der Waals surface area contributed by atoms with E-state index in [0.717, 1.165) is 38.9 Å². The maximum atomic E-state index is 11.8. The number of likely N-dealkylation sites (N-methyl/N-ethyl adjacent to an activating group) is 1. The summed E-state index contributed by atoms with van der Waals surface area (Å²) in [7, 11) is 3.09. The van der Waals surface area contributed by atoms with Crippen LogP contribution in [0.3, 0.4) is 0 Å². The first-order valence-corrected chi connectivity index (χ1v) is 9.55. The number of nitrogens with one attached hydrogen (secondary N) is 2. The second-order valence-electron chi connectivity index (χ2n) is 6.78. The molecule has 2 N–H and O–H groups in total. The maximum absolute atomic E-state index is 11.8. The van der Waals surface area contributed by atoms with Gasteiger partial charge in [0, 0.05) is 48.2 Å². The highest BCUT2D eigenvalue weighted by Crippen LogP contribution is 2.32. The number of hydrogen-bond acceptors (Lipinski definition) is 5. The largest absolute Gasteiger partial charge is 0.481 e. The molecule has 0 spiro atoms. The quantitative estimate of drug-likeness (QED) is 0.384. The molecule has 0 aliphatic rings. The Bertz CT molecular complexity index is 1350. The van der Waals surface area contributed by atoms with Gasteiger partial charge in [0.15, 0.2) is 0 Å². The number of nitrogens with zero attached hydrogens (tertiary/aromatic N) is 3. The number of carbonyl (C=O) groups is 1. The molecule has 0 unspecified atom stereocenters. The molecule has 0 bridgehead atoms. The predicted molar refractivity (Wildman–Crippen MR) is 119 cm³/mol. The van der Waals surface area contributed by atoms with Gasteiger partial charge in [-0.05, 0) is 41.0 Å². The first-order chi connectivity index (χ1) is 15.1. The van der Waals surface area contributed by atoms with Crippen LogP contribution in [0.5, 0.6) is 5.88 Å². The number of aromatic nitrogens is 3. The van der Waals surface area contributed by atoms with Crippen LogP contribution in [0.25, 0.3) is 39.4 Å². The molecule has 1 aromatic carbocycles. The fourth-order valence-corrected chi connectivity index (χ4v) is 3.35.